The summed E-state index contributed by atoms with van der Waals surface area (Å²) < 4.78 is 0. The van der Waals surface area contributed by atoms with Crippen LogP contribution in [0.4, 0.5) is 5.95 Å². The SMILES string of the molecule is CCCNCc1cnc(N2CCC(CC)CC2)nc1C. The summed E-state index contributed by atoms with van der Waals surface area (Å²) in [5.41, 5.74) is 2.32. The van der Waals surface area contributed by atoms with Crippen LogP contribution in [0.2, 0.25) is 0 Å². The maximum atomic E-state index is 4.70. The Morgan fingerprint density at radius 3 is 2.65 bits per heavy atom. The molecule has 1 saturated heterocycles. The summed E-state index contributed by atoms with van der Waals surface area (Å²) >= 11 is 0. The number of aryl methyl sites for hydroxylation is 1. The number of anilines is 1. The number of nitrogens with one attached hydrogen (secondary N) is 1. The molecule has 0 bridgehead atoms. The van der Waals surface area contributed by atoms with Crippen molar-refractivity contribution in [2.75, 3.05) is 24.5 Å². The summed E-state index contributed by atoms with van der Waals surface area (Å²) in [7, 11) is 0. The molecule has 4 nitrogen and oxygen atoms in total. The van der Waals surface area contributed by atoms with Crippen LogP contribution in [0.5, 0.6) is 0 Å². The van der Waals surface area contributed by atoms with Crippen LogP contribution in [0.1, 0.15) is 50.8 Å². The van der Waals surface area contributed by atoms with E-state index in [2.05, 4.69) is 36.0 Å². The predicted octanol–water partition coefficient (Wildman–Crippen LogP) is 2.91. The van der Waals surface area contributed by atoms with Crippen LogP contribution >= 0.6 is 0 Å². The van der Waals surface area contributed by atoms with Gasteiger partial charge in [-0.2, -0.15) is 0 Å². The molecule has 0 atom stereocenters. The molecule has 0 aliphatic carbocycles. The Morgan fingerprint density at radius 2 is 2.05 bits per heavy atom. The second-order valence-corrected chi connectivity index (χ2v) is 5.80. The average molecular weight is 276 g/mol. The summed E-state index contributed by atoms with van der Waals surface area (Å²) in [6.07, 6.45) is 7.00. The van der Waals surface area contributed by atoms with E-state index in [1.54, 1.807) is 0 Å². The van der Waals surface area contributed by atoms with Crippen LogP contribution < -0.4 is 10.2 Å². The van der Waals surface area contributed by atoms with Crippen molar-refractivity contribution >= 4 is 5.95 Å². The Hall–Kier alpha value is -1.16. The van der Waals surface area contributed by atoms with Gasteiger partial charge in [-0.25, -0.2) is 9.97 Å². The van der Waals surface area contributed by atoms with Gasteiger partial charge in [-0.1, -0.05) is 20.3 Å². The highest BCUT2D eigenvalue weighted by atomic mass is 15.3. The molecule has 0 saturated carbocycles. The van der Waals surface area contributed by atoms with E-state index in [4.69, 9.17) is 4.98 Å². The van der Waals surface area contributed by atoms with E-state index in [1.807, 2.05) is 6.20 Å². The van der Waals surface area contributed by atoms with E-state index in [1.165, 1.54) is 24.8 Å². The average Bonchev–Trinajstić information content (AvgIpc) is 2.49. The third-order valence-corrected chi connectivity index (χ3v) is 4.29. The third-order valence-electron chi connectivity index (χ3n) is 4.29. The fourth-order valence-electron chi connectivity index (χ4n) is 2.75. The van der Waals surface area contributed by atoms with Gasteiger partial charge in [0.15, 0.2) is 0 Å². The summed E-state index contributed by atoms with van der Waals surface area (Å²) in [5, 5.41) is 3.41. The maximum absolute atomic E-state index is 4.70. The van der Waals surface area contributed by atoms with Crippen molar-refractivity contribution in [3.63, 3.8) is 0 Å². The highest BCUT2D eigenvalue weighted by Gasteiger charge is 2.20. The van der Waals surface area contributed by atoms with Crippen LogP contribution in [0, 0.1) is 12.8 Å². The minimum atomic E-state index is 0.873. The zero-order valence-electron chi connectivity index (χ0n) is 13.2. The van der Waals surface area contributed by atoms with Gasteiger partial charge in [-0.15, -0.1) is 0 Å². The van der Waals surface area contributed by atoms with Crippen molar-refractivity contribution in [2.24, 2.45) is 5.92 Å². The second-order valence-electron chi connectivity index (χ2n) is 5.80. The van der Waals surface area contributed by atoms with Gasteiger partial charge in [0.2, 0.25) is 5.95 Å². The number of aromatic nitrogens is 2. The van der Waals surface area contributed by atoms with E-state index in [0.29, 0.717) is 0 Å². The second kappa shape index (κ2) is 7.58. The van der Waals surface area contributed by atoms with Gasteiger partial charge < -0.3 is 10.2 Å². The Balaban J connectivity index is 1.95. The fraction of sp³-hybridized carbons (Fsp3) is 0.750. The number of piperidine rings is 1. The fourth-order valence-corrected chi connectivity index (χ4v) is 2.75. The topological polar surface area (TPSA) is 41.1 Å². The lowest BCUT2D eigenvalue weighted by molar-refractivity contribution is 0.392. The molecule has 0 radical (unpaired) electrons. The molecular weight excluding hydrogens is 248 g/mol. The zero-order valence-corrected chi connectivity index (χ0v) is 13.2. The van der Waals surface area contributed by atoms with E-state index >= 15 is 0 Å². The van der Waals surface area contributed by atoms with Crippen molar-refractivity contribution in [1.29, 1.82) is 0 Å². The summed E-state index contributed by atoms with van der Waals surface area (Å²) in [6, 6.07) is 0. The van der Waals surface area contributed by atoms with E-state index in [0.717, 1.165) is 50.2 Å². The summed E-state index contributed by atoms with van der Waals surface area (Å²) in [5.74, 6) is 1.81. The maximum Gasteiger partial charge on any atom is 0.225 e. The lowest BCUT2D eigenvalue weighted by Gasteiger charge is -2.31. The molecule has 0 amide bonds. The van der Waals surface area contributed by atoms with Crippen molar-refractivity contribution in [3.05, 3.63) is 17.5 Å². The smallest absolute Gasteiger partial charge is 0.225 e. The molecule has 0 unspecified atom stereocenters. The Morgan fingerprint density at radius 1 is 1.30 bits per heavy atom. The van der Waals surface area contributed by atoms with Crippen molar-refractivity contribution in [1.82, 2.24) is 15.3 Å². The molecule has 1 aliphatic rings. The molecule has 0 aromatic carbocycles. The van der Waals surface area contributed by atoms with Crippen molar-refractivity contribution < 1.29 is 0 Å². The quantitative estimate of drug-likeness (QED) is 0.811. The first-order valence-electron chi connectivity index (χ1n) is 8.02. The van der Waals surface area contributed by atoms with Gasteiger partial charge >= 0.3 is 0 Å². The van der Waals surface area contributed by atoms with Gasteiger partial charge in [0.1, 0.15) is 0 Å². The lowest BCUT2D eigenvalue weighted by atomic mass is 9.95. The normalized spacial score (nSPS) is 16.6. The molecule has 1 aliphatic heterocycles. The molecule has 1 aromatic rings. The van der Waals surface area contributed by atoms with Crippen molar-refractivity contribution in [2.45, 2.75) is 53.0 Å². The number of rotatable bonds is 6. The van der Waals surface area contributed by atoms with Crippen LogP contribution in [0.15, 0.2) is 6.20 Å². The Kier molecular flexibility index (Phi) is 5.77. The molecule has 1 N–H and O–H groups in total. The van der Waals surface area contributed by atoms with Crippen LogP contribution in [0.25, 0.3) is 0 Å². The zero-order chi connectivity index (χ0) is 14.4. The van der Waals surface area contributed by atoms with Gasteiger partial charge in [-0.05, 0) is 38.6 Å². The molecule has 0 spiro atoms. The van der Waals surface area contributed by atoms with Gasteiger partial charge in [0.05, 0.1) is 0 Å². The minimum absolute atomic E-state index is 0.873. The van der Waals surface area contributed by atoms with Gasteiger partial charge in [0.25, 0.3) is 0 Å². The van der Waals surface area contributed by atoms with Crippen LogP contribution in [-0.4, -0.2) is 29.6 Å². The highest BCUT2D eigenvalue weighted by molar-refractivity contribution is 5.33. The number of hydrogen-bond acceptors (Lipinski definition) is 4. The Bertz CT molecular complexity index is 411. The van der Waals surface area contributed by atoms with Gasteiger partial charge in [0, 0.05) is 37.1 Å². The lowest BCUT2D eigenvalue weighted by Crippen LogP contribution is -2.34. The first kappa shape index (κ1) is 15.2. The van der Waals surface area contributed by atoms with Gasteiger partial charge in [-0.3, -0.25) is 0 Å². The third kappa shape index (κ3) is 3.92. The predicted molar refractivity (Wildman–Crippen MR) is 84.0 cm³/mol. The van der Waals surface area contributed by atoms with E-state index in [-0.39, 0.29) is 0 Å². The molecular formula is C16H28N4. The molecule has 1 aromatic heterocycles. The summed E-state index contributed by atoms with van der Waals surface area (Å²) in [4.78, 5) is 11.6. The largest absolute Gasteiger partial charge is 0.341 e. The molecule has 112 valence electrons. The molecule has 2 heterocycles. The first-order valence-corrected chi connectivity index (χ1v) is 8.02. The van der Waals surface area contributed by atoms with Crippen LogP contribution in [0.3, 0.4) is 0 Å². The summed E-state index contributed by atoms with van der Waals surface area (Å²) in [6.45, 7) is 10.7. The van der Waals surface area contributed by atoms with E-state index in [9.17, 15) is 0 Å². The monoisotopic (exact) mass is 276 g/mol. The van der Waals surface area contributed by atoms with Crippen molar-refractivity contribution in [3.8, 4) is 0 Å². The van der Waals surface area contributed by atoms with E-state index < -0.39 is 0 Å². The van der Waals surface area contributed by atoms with Crippen LogP contribution in [-0.2, 0) is 6.54 Å². The number of nitrogens with zero attached hydrogens (tertiary/aromatic N) is 3. The number of hydrogen-bond donors (Lipinski definition) is 1. The molecule has 4 heteroatoms. The minimum Gasteiger partial charge on any atom is -0.341 e. The highest BCUT2D eigenvalue weighted by Crippen LogP contribution is 2.23. The standard InChI is InChI=1S/C16H28N4/c1-4-8-17-11-15-12-18-16(19-13(15)3)20-9-6-14(5-2)7-10-20/h12,14,17H,4-11H2,1-3H3. The first-order chi connectivity index (χ1) is 9.74. The molecule has 20 heavy (non-hydrogen) atoms. The molecule has 1 fully saturated rings. The Labute approximate surface area is 123 Å². The molecule has 2 rings (SSSR count).